The van der Waals surface area contributed by atoms with Gasteiger partial charge in [0.1, 0.15) is 5.76 Å². The quantitative estimate of drug-likeness (QED) is 0.623. The molecule has 1 N–H and O–H groups in total. The molecule has 0 radical (unpaired) electrons. The third-order valence-electron chi connectivity index (χ3n) is 4.51. The molecular weight excluding hydrogens is 372 g/mol. The number of aromatic nitrogens is 1. The van der Waals surface area contributed by atoms with Crippen molar-refractivity contribution < 1.29 is 23.5 Å². The number of nitrogens with one attached hydrogen (secondary N) is 1. The molecule has 3 rings (SSSR count). The Balaban J connectivity index is 1.54. The average Bonchev–Trinajstić information content (AvgIpc) is 3.30. The van der Waals surface area contributed by atoms with Crippen molar-refractivity contribution in [2.24, 2.45) is 0 Å². The van der Waals surface area contributed by atoms with E-state index in [0.717, 1.165) is 17.0 Å². The van der Waals surface area contributed by atoms with Crippen molar-refractivity contribution in [1.82, 2.24) is 9.88 Å². The van der Waals surface area contributed by atoms with Gasteiger partial charge in [-0.2, -0.15) is 0 Å². The summed E-state index contributed by atoms with van der Waals surface area (Å²) in [5, 5.41) is 2.22. The maximum atomic E-state index is 12.4. The van der Waals surface area contributed by atoms with Crippen LogP contribution >= 0.6 is 0 Å². The van der Waals surface area contributed by atoms with E-state index in [1.54, 1.807) is 37.5 Å². The monoisotopic (exact) mass is 394 g/mol. The van der Waals surface area contributed by atoms with Gasteiger partial charge in [0.25, 0.3) is 5.91 Å². The lowest BCUT2D eigenvalue weighted by Gasteiger charge is -2.08. The molecule has 2 heterocycles. The highest BCUT2D eigenvalue weighted by molar-refractivity contribution is 5.98. The first-order chi connectivity index (χ1) is 13.9. The van der Waals surface area contributed by atoms with E-state index < -0.39 is 24.4 Å². The highest BCUT2D eigenvalue weighted by Gasteiger charge is 2.19. The summed E-state index contributed by atoms with van der Waals surface area (Å²) in [6.07, 6.45) is 1.67. The molecule has 0 saturated heterocycles. The van der Waals surface area contributed by atoms with E-state index in [9.17, 15) is 14.4 Å². The number of nitrogens with zero attached hydrogens (tertiary/aromatic N) is 1. The molecule has 0 fully saturated rings. The van der Waals surface area contributed by atoms with E-state index in [1.807, 2.05) is 35.8 Å². The van der Waals surface area contributed by atoms with Crippen molar-refractivity contribution in [3.8, 4) is 0 Å². The van der Waals surface area contributed by atoms with Crippen LogP contribution in [-0.4, -0.2) is 29.0 Å². The summed E-state index contributed by atoms with van der Waals surface area (Å²) in [5.41, 5.74) is 2.74. The first-order valence-corrected chi connectivity index (χ1v) is 9.17. The Morgan fingerprint density at radius 1 is 1.03 bits per heavy atom. The summed E-state index contributed by atoms with van der Waals surface area (Å²) in [5.74, 6) is -0.963. The minimum Gasteiger partial charge on any atom is -0.467 e. The SMILES string of the molecule is Cc1cc(C(=O)OCC(=O)NC(=O)Cc2ccccc2)c(C)n1Cc1ccco1. The zero-order chi connectivity index (χ0) is 20.8. The normalized spacial score (nSPS) is 10.6. The lowest BCUT2D eigenvalue weighted by molar-refractivity contribution is -0.132. The second kappa shape index (κ2) is 9.05. The summed E-state index contributed by atoms with van der Waals surface area (Å²) in [6, 6.07) is 14.4. The number of hydrogen-bond donors (Lipinski definition) is 1. The van der Waals surface area contributed by atoms with E-state index in [-0.39, 0.29) is 6.42 Å². The van der Waals surface area contributed by atoms with Crippen molar-refractivity contribution in [2.45, 2.75) is 26.8 Å². The maximum Gasteiger partial charge on any atom is 0.340 e. The van der Waals surface area contributed by atoms with E-state index in [2.05, 4.69) is 5.32 Å². The predicted octanol–water partition coefficient (Wildman–Crippen LogP) is 2.79. The fraction of sp³-hybridized carbons (Fsp3) is 0.227. The van der Waals surface area contributed by atoms with Gasteiger partial charge in [-0.3, -0.25) is 14.9 Å². The Kier molecular flexibility index (Phi) is 6.29. The molecule has 150 valence electrons. The number of furan rings is 1. The van der Waals surface area contributed by atoms with Crippen LogP contribution in [0.1, 0.15) is 33.1 Å². The van der Waals surface area contributed by atoms with Gasteiger partial charge in [0.05, 0.1) is 24.8 Å². The van der Waals surface area contributed by atoms with E-state index in [4.69, 9.17) is 9.15 Å². The van der Waals surface area contributed by atoms with Crippen LogP contribution in [0.25, 0.3) is 0 Å². The van der Waals surface area contributed by atoms with E-state index in [1.165, 1.54) is 0 Å². The van der Waals surface area contributed by atoms with Crippen LogP contribution in [0.2, 0.25) is 0 Å². The number of aryl methyl sites for hydroxylation is 1. The number of esters is 1. The lowest BCUT2D eigenvalue weighted by atomic mass is 10.1. The fourth-order valence-corrected chi connectivity index (χ4v) is 3.04. The van der Waals surface area contributed by atoms with Crippen molar-refractivity contribution in [3.63, 3.8) is 0 Å². The molecule has 7 nitrogen and oxygen atoms in total. The second-order valence-electron chi connectivity index (χ2n) is 6.66. The lowest BCUT2D eigenvalue weighted by Crippen LogP contribution is -2.35. The highest BCUT2D eigenvalue weighted by Crippen LogP contribution is 2.18. The number of carbonyl (C=O) groups excluding carboxylic acids is 3. The van der Waals surface area contributed by atoms with Gasteiger partial charge in [0.2, 0.25) is 5.91 Å². The number of rotatable bonds is 7. The van der Waals surface area contributed by atoms with Crippen LogP contribution in [0.3, 0.4) is 0 Å². The van der Waals surface area contributed by atoms with Gasteiger partial charge in [-0.1, -0.05) is 30.3 Å². The van der Waals surface area contributed by atoms with Crippen LogP contribution in [-0.2, 0) is 27.3 Å². The molecule has 3 aromatic rings. The Morgan fingerprint density at radius 2 is 1.79 bits per heavy atom. The predicted molar refractivity (Wildman–Crippen MR) is 105 cm³/mol. The Labute approximate surface area is 168 Å². The van der Waals surface area contributed by atoms with Gasteiger partial charge in [0.15, 0.2) is 6.61 Å². The summed E-state index contributed by atoms with van der Waals surface area (Å²) in [6.45, 7) is 3.64. The van der Waals surface area contributed by atoms with Crippen LogP contribution in [0.4, 0.5) is 0 Å². The molecule has 0 spiro atoms. The molecule has 0 unspecified atom stereocenters. The number of hydrogen-bond acceptors (Lipinski definition) is 5. The first kappa shape index (κ1) is 20.1. The number of imide groups is 1. The number of carbonyl (C=O) groups is 3. The van der Waals surface area contributed by atoms with Crippen molar-refractivity contribution >= 4 is 17.8 Å². The largest absolute Gasteiger partial charge is 0.467 e. The van der Waals surface area contributed by atoms with Crippen LogP contribution in [0.5, 0.6) is 0 Å². The van der Waals surface area contributed by atoms with Gasteiger partial charge in [-0.25, -0.2) is 4.79 Å². The summed E-state index contributed by atoms with van der Waals surface area (Å²) >= 11 is 0. The smallest absolute Gasteiger partial charge is 0.340 e. The molecule has 0 aliphatic rings. The van der Waals surface area contributed by atoms with Crippen molar-refractivity contribution in [1.29, 1.82) is 0 Å². The molecule has 0 atom stereocenters. The van der Waals surface area contributed by atoms with E-state index >= 15 is 0 Å². The molecule has 0 aliphatic carbocycles. The third kappa shape index (κ3) is 5.22. The number of benzene rings is 1. The third-order valence-corrected chi connectivity index (χ3v) is 4.51. The highest BCUT2D eigenvalue weighted by atomic mass is 16.5. The summed E-state index contributed by atoms with van der Waals surface area (Å²) < 4.78 is 12.4. The van der Waals surface area contributed by atoms with Crippen LogP contribution in [0, 0.1) is 13.8 Å². The van der Waals surface area contributed by atoms with Gasteiger partial charge in [-0.15, -0.1) is 0 Å². The Morgan fingerprint density at radius 3 is 2.48 bits per heavy atom. The molecule has 2 amide bonds. The zero-order valence-electron chi connectivity index (χ0n) is 16.3. The minimum atomic E-state index is -0.663. The van der Waals surface area contributed by atoms with Crippen molar-refractivity contribution in [3.05, 3.63) is 83.1 Å². The van der Waals surface area contributed by atoms with Crippen LogP contribution < -0.4 is 5.32 Å². The topological polar surface area (TPSA) is 90.5 Å². The summed E-state index contributed by atoms with van der Waals surface area (Å²) in [7, 11) is 0. The molecule has 0 saturated carbocycles. The molecule has 29 heavy (non-hydrogen) atoms. The maximum absolute atomic E-state index is 12.4. The molecule has 0 aliphatic heterocycles. The van der Waals surface area contributed by atoms with Crippen LogP contribution in [0.15, 0.2) is 59.2 Å². The average molecular weight is 394 g/mol. The van der Waals surface area contributed by atoms with Gasteiger partial charge in [0, 0.05) is 11.4 Å². The minimum absolute atomic E-state index is 0.0778. The Hall–Kier alpha value is -3.61. The standard InChI is InChI=1S/C22H22N2O5/c1-15-11-19(16(2)24(15)13-18-9-6-10-28-18)22(27)29-14-21(26)23-20(25)12-17-7-4-3-5-8-17/h3-11H,12-14H2,1-2H3,(H,23,25,26). The number of ether oxygens (including phenoxy) is 1. The second-order valence-corrected chi connectivity index (χ2v) is 6.66. The molecule has 1 aromatic carbocycles. The molecule has 7 heteroatoms. The van der Waals surface area contributed by atoms with E-state index in [0.29, 0.717) is 17.8 Å². The van der Waals surface area contributed by atoms with Gasteiger partial charge >= 0.3 is 5.97 Å². The Bertz CT molecular complexity index is 1000. The fourth-order valence-electron chi connectivity index (χ4n) is 3.04. The summed E-state index contributed by atoms with van der Waals surface area (Å²) in [4.78, 5) is 36.2. The molecule has 0 bridgehead atoms. The first-order valence-electron chi connectivity index (χ1n) is 9.17. The zero-order valence-corrected chi connectivity index (χ0v) is 16.3. The van der Waals surface area contributed by atoms with Gasteiger partial charge in [-0.05, 0) is 37.6 Å². The van der Waals surface area contributed by atoms with Gasteiger partial charge < -0.3 is 13.7 Å². The van der Waals surface area contributed by atoms with Crippen molar-refractivity contribution in [2.75, 3.05) is 6.61 Å². The number of amides is 2. The molecule has 2 aromatic heterocycles. The molecular formula is C22H22N2O5.